The van der Waals surface area contributed by atoms with E-state index in [0.717, 1.165) is 25.5 Å². The van der Waals surface area contributed by atoms with Crippen molar-refractivity contribution in [2.45, 2.75) is 20.0 Å². The second kappa shape index (κ2) is 4.99. The van der Waals surface area contributed by atoms with Crippen molar-refractivity contribution in [3.63, 3.8) is 0 Å². The summed E-state index contributed by atoms with van der Waals surface area (Å²) in [5.41, 5.74) is 1.32. The SMILES string of the molecule is CCNCc1ccn(Cc2nccn2C)c1. The van der Waals surface area contributed by atoms with E-state index in [-0.39, 0.29) is 0 Å². The van der Waals surface area contributed by atoms with Gasteiger partial charge in [0.05, 0.1) is 6.54 Å². The first-order valence-corrected chi connectivity index (χ1v) is 5.61. The molecule has 0 radical (unpaired) electrons. The van der Waals surface area contributed by atoms with Gasteiger partial charge in [-0.05, 0) is 18.2 Å². The zero-order chi connectivity index (χ0) is 11.4. The molecule has 0 saturated heterocycles. The molecule has 2 rings (SSSR count). The Labute approximate surface area is 95.9 Å². The molecule has 0 aromatic carbocycles. The van der Waals surface area contributed by atoms with Crippen molar-refractivity contribution in [3.05, 3.63) is 42.2 Å². The lowest BCUT2D eigenvalue weighted by Gasteiger charge is -2.03. The topological polar surface area (TPSA) is 34.8 Å². The minimum Gasteiger partial charge on any atom is -0.346 e. The minimum absolute atomic E-state index is 0.829. The molecule has 0 spiro atoms. The predicted octanol–water partition coefficient (Wildman–Crippen LogP) is 1.38. The summed E-state index contributed by atoms with van der Waals surface area (Å²) in [6.07, 6.45) is 8.06. The molecule has 0 bridgehead atoms. The molecule has 0 fully saturated rings. The minimum atomic E-state index is 0.829. The standard InChI is InChI=1S/C12H18N4/c1-3-13-8-11-4-6-16(9-11)10-12-14-5-7-15(12)2/h4-7,9,13H,3,8,10H2,1-2H3. The van der Waals surface area contributed by atoms with E-state index in [1.807, 2.05) is 24.0 Å². The summed E-state index contributed by atoms with van der Waals surface area (Å²) >= 11 is 0. The number of hydrogen-bond acceptors (Lipinski definition) is 2. The Balaban J connectivity index is 2.00. The third kappa shape index (κ3) is 2.52. The van der Waals surface area contributed by atoms with Gasteiger partial charge in [0.1, 0.15) is 5.82 Å². The third-order valence-corrected chi connectivity index (χ3v) is 2.64. The lowest BCUT2D eigenvalue weighted by atomic mass is 10.3. The van der Waals surface area contributed by atoms with Crippen LogP contribution in [0.5, 0.6) is 0 Å². The molecule has 0 aliphatic carbocycles. The second-order valence-corrected chi connectivity index (χ2v) is 3.93. The first kappa shape index (κ1) is 11.0. The van der Waals surface area contributed by atoms with Gasteiger partial charge in [-0.1, -0.05) is 6.92 Å². The Morgan fingerprint density at radius 1 is 1.38 bits per heavy atom. The largest absolute Gasteiger partial charge is 0.346 e. The van der Waals surface area contributed by atoms with E-state index < -0.39 is 0 Å². The fourth-order valence-corrected chi connectivity index (χ4v) is 1.67. The fraction of sp³-hybridized carbons (Fsp3) is 0.417. The number of nitrogens with one attached hydrogen (secondary N) is 1. The highest BCUT2D eigenvalue weighted by atomic mass is 15.1. The molecule has 4 heteroatoms. The maximum absolute atomic E-state index is 4.31. The van der Waals surface area contributed by atoms with Crippen LogP contribution in [0.15, 0.2) is 30.9 Å². The zero-order valence-electron chi connectivity index (χ0n) is 9.85. The second-order valence-electron chi connectivity index (χ2n) is 3.93. The van der Waals surface area contributed by atoms with Crippen LogP contribution in [-0.2, 0) is 20.1 Å². The van der Waals surface area contributed by atoms with E-state index in [1.54, 1.807) is 0 Å². The van der Waals surface area contributed by atoms with Gasteiger partial charge in [-0.3, -0.25) is 0 Å². The van der Waals surface area contributed by atoms with Crippen LogP contribution in [0.3, 0.4) is 0 Å². The van der Waals surface area contributed by atoms with Crippen molar-refractivity contribution in [1.29, 1.82) is 0 Å². The zero-order valence-corrected chi connectivity index (χ0v) is 9.85. The van der Waals surface area contributed by atoms with Crippen LogP contribution in [0.25, 0.3) is 0 Å². The Kier molecular flexibility index (Phi) is 3.41. The number of imidazole rings is 1. The summed E-state index contributed by atoms with van der Waals surface area (Å²) < 4.78 is 4.21. The van der Waals surface area contributed by atoms with Gasteiger partial charge in [0.2, 0.25) is 0 Å². The van der Waals surface area contributed by atoms with Gasteiger partial charge in [0, 0.05) is 38.4 Å². The summed E-state index contributed by atoms with van der Waals surface area (Å²) in [5, 5.41) is 3.31. The van der Waals surface area contributed by atoms with Crippen LogP contribution in [0, 0.1) is 0 Å². The summed E-state index contributed by atoms with van der Waals surface area (Å²) in [6.45, 7) is 4.88. The van der Waals surface area contributed by atoms with Crippen molar-refractivity contribution in [2.75, 3.05) is 6.54 Å². The highest BCUT2D eigenvalue weighted by Crippen LogP contribution is 2.04. The first-order chi connectivity index (χ1) is 7.79. The molecule has 0 aliphatic rings. The molecular weight excluding hydrogens is 200 g/mol. The average Bonchev–Trinajstić information content (AvgIpc) is 2.87. The summed E-state index contributed by atoms with van der Waals surface area (Å²) in [6, 6.07) is 2.14. The number of aryl methyl sites for hydroxylation is 1. The average molecular weight is 218 g/mol. The Hall–Kier alpha value is -1.55. The van der Waals surface area contributed by atoms with Crippen LogP contribution in [-0.4, -0.2) is 20.7 Å². The third-order valence-electron chi connectivity index (χ3n) is 2.64. The van der Waals surface area contributed by atoms with E-state index in [1.165, 1.54) is 5.56 Å². The van der Waals surface area contributed by atoms with Crippen molar-refractivity contribution in [2.24, 2.45) is 7.05 Å². The highest BCUT2D eigenvalue weighted by molar-refractivity contribution is 5.11. The Morgan fingerprint density at radius 2 is 2.25 bits per heavy atom. The van der Waals surface area contributed by atoms with Crippen LogP contribution in [0.2, 0.25) is 0 Å². The maximum atomic E-state index is 4.31. The van der Waals surface area contributed by atoms with Gasteiger partial charge in [-0.15, -0.1) is 0 Å². The summed E-state index contributed by atoms with van der Waals surface area (Å²) in [4.78, 5) is 4.31. The molecule has 4 nitrogen and oxygen atoms in total. The van der Waals surface area contributed by atoms with Gasteiger partial charge in [-0.2, -0.15) is 0 Å². The number of nitrogens with zero attached hydrogens (tertiary/aromatic N) is 3. The van der Waals surface area contributed by atoms with Gasteiger partial charge in [0.15, 0.2) is 0 Å². The normalized spacial score (nSPS) is 10.9. The lowest BCUT2D eigenvalue weighted by molar-refractivity contribution is 0.693. The molecule has 2 heterocycles. The van der Waals surface area contributed by atoms with Crippen LogP contribution in [0.4, 0.5) is 0 Å². The van der Waals surface area contributed by atoms with E-state index in [4.69, 9.17) is 0 Å². The number of aromatic nitrogens is 3. The van der Waals surface area contributed by atoms with Gasteiger partial charge >= 0.3 is 0 Å². The van der Waals surface area contributed by atoms with Crippen LogP contribution >= 0.6 is 0 Å². The van der Waals surface area contributed by atoms with Crippen molar-refractivity contribution >= 4 is 0 Å². The summed E-state index contributed by atoms with van der Waals surface area (Å²) in [5.74, 6) is 1.07. The molecule has 0 unspecified atom stereocenters. The monoisotopic (exact) mass is 218 g/mol. The molecule has 2 aromatic rings. The molecule has 2 aromatic heterocycles. The molecule has 0 aliphatic heterocycles. The Bertz CT molecular complexity index is 441. The molecule has 1 N–H and O–H groups in total. The van der Waals surface area contributed by atoms with Crippen LogP contribution in [0.1, 0.15) is 18.3 Å². The quantitative estimate of drug-likeness (QED) is 0.822. The lowest BCUT2D eigenvalue weighted by Crippen LogP contribution is -2.11. The van der Waals surface area contributed by atoms with E-state index in [9.17, 15) is 0 Å². The van der Waals surface area contributed by atoms with Gasteiger partial charge in [0.25, 0.3) is 0 Å². The molecule has 0 atom stereocenters. The van der Waals surface area contributed by atoms with E-state index in [2.05, 4.69) is 40.3 Å². The van der Waals surface area contributed by atoms with Crippen molar-refractivity contribution in [1.82, 2.24) is 19.4 Å². The smallest absolute Gasteiger partial charge is 0.128 e. The van der Waals surface area contributed by atoms with E-state index >= 15 is 0 Å². The van der Waals surface area contributed by atoms with Gasteiger partial charge < -0.3 is 14.5 Å². The maximum Gasteiger partial charge on any atom is 0.128 e. The molecule has 0 amide bonds. The van der Waals surface area contributed by atoms with Crippen LogP contribution < -0.4 is 5.32 Å². The van der Waals surface area contributed by atoms with E-state index in [0.29, 0.717) is 0 Å². The highest BCUT2D eigenvalue weighted by Gasteiger charge is 2.01. The molecule has 86 valence electrons. The molecule has 0 saturated carbocycles. The first-order valence-electron chi connectivity index (χ1n) is 5.61. The fourth-order valence-electron chi connectivity index (χ4n) is 1.67. The molecular formula is C12H18N4. The summed E-state index contributed by atoms with van der Waals surface area (Å²) in [7, 11) is 2.02. The predicted molar refractivity (Wildman–Crippen MR) is 64.1 cm³/mol. The number of rotatable bonds is 5. The Morgan fingerprint density at radius 3 is 2.94 bits per heavy atom. The number of hydrogen-bond donors (Lipinski definition) is 1. The van der Waals surface area contributed by atoms with Crippen molar-refractivity contribution in [3.8, 4) is 0 Å². The van der Waals surface area contributed by atoms with Gasteiger partial charge in [-0.25, -0.2) is 4.98 Å². The molecule has 16 heavy (non-hydrogen) atoms. The van der Waals surface area contributed by atoms with Crippen molar-refractivity contribution < 1.29 is 0 Å².